The maximum atomic E-state index is 3.66. The van der Waals surface area contributed by atoms with Gasteiger partial charge < -0.3 is 19.8 Å². The molecule has 2 aromatic heterocycles. The summed E-state index contributed by atoms with van der Waals surface area (Å²) in [4.78, 5) is 11.7. The van der Waals surface area contributed by atoms with Gasteiger partial charge in [-0.3, -0.25) is 0 Å². The Hall–Kier alpha value is -1.52. The Morgan fingerprint density at radius 1 is 0.739 bits per heavy atom. The van der Waals surface area contributed by atoms with Gasteiger partial charge in [0.2, 0.25) is 0 Å². The third-order valence-electron chi connectivity index (χ3n) is 4.70. The molecule has 4 heteroatoms. The van der Waals surface area contributed by atoms with Crippen LogP contribution in [0.4, 0.5) is 0 Å². The summed E-state index contributed by atoms with van der Waals surface area (Å²) in [6.45, 7) is 6.45. The molecule has 128 valence electrons. The molecule has 2 aromatic rings. The SMILES string of the molecule is CCC(CC)(c1ccc(CN(C)C)[nH]1)c1ccc(CN(C)C)[nH]1. The summed E-state index contributed by atoms with van der Waals surface area (Å²) in [6, 6.07) is 8.97. The van der Waals surface area contributed by atoms with E-state index in [9.17, 15) is 0 Å². The van der Waals surface area contributed by atoms with Gasteiger partial charge in [0.25, 0.3) is 0 Å². The van der Waals surface area contributed by atoms with Crippen LogP contribution in [0.3, 0.4) is 0 Å². The van der Waals surface area contributed by atoms with Gasteiger partial charge in [-0.25, -0.2) is 0 Å². The van der Waals surface area contributed by atoms with Crippen molar-refractivity contribution in [2.45, 2.75) is 45.2 Å². The fourth-order valence-electron chi connectivity index (χ4n) is 3.46. The minimum absolute atomic E-state index is 0.0368. The fraction of sp³-hybridized carbons (Fsp3) is 0.579. The van der Waals surface area contributed by atoms with Crippen LogP contribution in [0.25, 0.3) is 0 Å². The fourth-order valence-corrected chi connectivity index (χ4v) is 3.46. The Morgan fingerprint density at radius 3 is 1.43 bits per heavy atom. The zero-order valence-corrected chi connectivity index (χ0v) is 15.5. The molecular formula is C19H32N4. The second-order valence-corrected chi connectivity index (χ2v) is 7.06. The molecule has 0 amide bonds. The monoisotopic (exact) mass is 316 g/mol. The van der Waals surface area contributed by atoms with Crippen molar-refractivity contribution in [3.8, 4) is 0 Å². The van der Waals surface area contributed by atoms with Crippen LogP contribution in [0.1, 0.15) is 49.5 Å². The zero-order valence-electron chi connectivity index (χ0n) is 15.5. The quantitative estimate of drug-likeness (QED) is 0.781. The molecule has 2 rings (SSSR count). The van der Waals surface area contributed by atoms with Gasteiger partial charge in [0.1, 0.15) is 0 Å². The van der Waals surface area contributed by atoms with E-state index in [0.717, 1.165) is 25.9 Å². The number of nitrogens with zero attached hydrogens (tertiary/aromatic N) is 2. The smallest absolute Gasteiger partial charge is 0.0498 e. The maximum Gasteiger partial charge on any atom is 0.0498 e. The summed E-state index contributed by atoms with van der Waals surface area (Å²) in [6.07, 6.45) is 2.15. The molecule has 0 spiro atoms. The van der Waals surface area contributed by atoms with Crippen LogP contribution in [0.2, 0.25) is 0 Å². The lowest BCUT2D eigenvalue weighted by molar-refractivity contribution is 0.392. The maximum absolute atomic E-state index is 3.66. The van der Waals surface area contributed by atoms with Gasteiger partial charge in [-0.15, -0.1) is 0 Å². The molecule has 4 nitrogen and oxygen atoms in total. The minimum Gasteiger partial charge on any atom is -0.360 e. The topological polar surface area (TPSA) is 38.1 Å². The van der Waals surface area contributed by atoms with E-state index in [-0.39, 0.29) is 5.41 Å². The Bertz CT molecular complexity index is 552. The number of rotatable bonds is 8. The molecule has 0 saturated heterocycles. The lowest BCUT2D eigenvalue weighted by Crippen LogP contribution is -2.27. The molecule has 0 bridgehead atoms. The molecule has 23 heavy (non-hydrogen) atoms. The molecule has 0 aliphatic heterocycles. The lowest BCUT2D eigenvalue weighted by atomic mass is 9.76. The van der Waals surface area contributed by atoms with Crippen LogP contribution in [0.5, 0.6) is 0 Å². The third-order valence-corrected chi connectivity index (χ3v) is 4.70. The van der Waals surface area contributed by atoms with Gasteiger partial charge in [-0.2, -0.15) is 0 Å². The van der Waals surface area contributed by atoms with E-state index in [4.69, 9.17) is 0 Å². The van der Waals surface area contributed by atoms with Crippen molar-refractivity contribution in [1.82, 2.24) is 19.8 Å². The second-order valence-electron chi connectivity index (χ2n) is 7.06. The summed E-state index contributed by atoms with van der Waals surface area (Å²) >= 11 is 0. The number of hydrogen-bond donors (Lipinski definition) is 2. The largest absolute Gasteiger partial charge is 0.360 e. The molecule has 0 fully saturated rings. The van der Waals surface area contributed by atoms with Crippen LogP contribution in [-0.4, -0.2) is 48.0 Å². The van der Waals surface area contributed by atoms with Crippen LogP contribution in [0.15, 0.2) is 24.3 Å². The highest BCUT2D eigenvalue weighted by atomic mass is 15.1. The first-order chi connectivity index (χ1) is 10.9. The highest BCUT2D eigenvalue weighted by molar-refractivity contribution is 5.34. The molecule has 0 atom stereocenters. The minimum atomic E-state index is 0.0368. The first kappa shape index (κ1) is 17.8. The standard InChI is InChI=1S/C19H32N4/c1-7-19(8-2,17-11-9-15(20-17)13-22(3)4)18-12-10-16(21-18)14-23(5)6/h9-12,20-21H,7-8,13-14H2,1-6H3. The van der Waals surface area contributed by atoms with Gasteiger partial charge in [0.05, 0.1) is 0 Å². The molecule has 0 saturated carbocycles. The van der Waals surface area contributed by atoms with Crippen molar-refractivity contribution in [3.63, 3.8) is 0 Å². The molecule has 0 aliphatic rings. The molecule has 0 aliphatic carbocycles. The number of H-pyrrole nitrogens is 2. The average molecular weight is 316 g/mol. The first-order valence-corrected chi connectivity index (χ1v) is 8.57. The second kappa shape index (κ2) is 7.37. The van der Waals surface area contributed by atoms with Gasteiger partial charge in [-0.05, 0) is 65.3 Å². The van der Waals surface area contributed by atoms with Crippen LogP contribution >= 0.6 is 0 Å². The first-order valence-electron chi connectivity index (χ1n) is 8.57. The van der Waals surface area contributed by atoms with Crippen LogP contribution < -0.4 is 0 Å². The van der Waals surface area contributed by atoms with E-state index in [2.05, 4.69) is 86.1 Å². The van der Waals surface area contributed by atoms with Gasteiger partial charge in [0, 0.05) is 41.3 Å². The highest BCUT2D eigenvalue weighted by Gasteiger charge is 2.33. The summed E-state index contributed by atoms with van der Waals surface area (Å²) in [5, 5.41) is 0. The molecule has 2 N–H and O–H groups in total. The molecular weight excluding hydrogens is 284 g/mol. The average Bonchev–Trinajstić information content (AvgIpc) is 3.11. The summed E-state index contributed by atoms with van der Waals surface area (Å²) in [5.41, 5.74) is 5.22. The Balaban J connectivity index is 2.34. The predicted molar refractivity (Wildman–Crippen MR) is 97.7 cm³/mol. The number of hydrogen-bond acceptors (Lipinski definition) is 2. The van der Waals surface area contributed by atoms with Crippen molar-refractivity contribution in [1.29, 1.82) is 0 Å². The summed E-state index contributed by atoms with van der Waals surface area (Å²) in [5.74, 6) is 0. The highest BCUT2D eigenvalue weighted by Crippen LogP contribution is 2.37. The molecule has 2 heterocycles. The number of aromatic amines is 2. The summed E-state index contributed by atoms with van der Waals surface area (Å²) in [7, 11) is 8.41. The van der Waals surface area contributed by atoms with Crippen molar-refractivity contribution in [2.75, 3.05) is 28.2 Å². The Kier molecular flexibility index (Phi) is 5.71. The lowest BCUT2D eigenvalue weighted by Gasteiger charge is -2.30. The molecule has 0 aromatic carbocycles. The summed E-state index contributed by atoms with van der Waals surface area (Å²) < 4.78 is 0. The van der Waals surface area contributed by atoms with E-state index in [1.54, 1.807) is 0 Å². The normalized spacial score (nSPS) is 12.5. The van der Waals surface area contributed by atoms with E-state index < -0.39 is 0 Å². The number of nitrogens with one attached hydrogen (secondary N) is 2. The van der Waals surface area contributed by atoms with Crippen molar-refractivity contribution in [2.24, 2.45) is 0 Å². The van der Waals surface area contributed by atoms with Gasteiger partial charge >= 0.3 is 0 Å². The Morgan fingerprint density at radius 2 is 1.13 bits per heavy atom. The predicted octanol–water partition coefficient (Wildman–Crippen LogP) is 3.57. The zero-order chi connectivity index (χ0) is 17.0. The third kappa shape index (κ3) is 3.88. The van der Waals surface area contributed by atoms with E-state index in [0.29, 0.717) is 0 Å². The van der Waals surface area contributed by atoms with E-state index >= 15 is 0 Å². The van der Waals surface area contributed by atoms with Gasteiger partial charge in [-0.1, -0.05) is 13.8 Å². The number of aromatic nitrogens is 2. The Labute approximate surface area is 140 Å². The van der Waals surface area contributed by atoms with Crippen LogP contribution in [-0.2, 0) is 18.5 Å². The van der Waals surface area contributed by atoms with E-state index in [1.165, 1.54) is 22.8 Å². The van der Waals surface area contributed by atoms with Crippen LogP contribution in [0, 0.1) is 0 Å². The van der Waals surface area contributed by atoms with Crippen molar-refractivity contribution >= 4 is 0 Å². The van der Waals surface area contributed by atoms with E-state index in [1.807, 2.05) is 0 Å². The molecule has 0 unspecified atom stereocenters. The van der Waals surface area contributed by atoms with Crippen molar-refractivity contribution < 1.29 is 0 Å². The van der Waals surface area contributed by atoms with Crippen molar-refractivity contribution in [3.05, 3.63) is 47.0 Å². The molecule has 0 radical (unpaired) electrons. The van der Waals surface area contributed by atoms with Gasteiger partial charge in [0.15, 0.2) is 0 Å².